The number of cyclic esters (lactones) is 1. The third-order valence-electron chi connectivity index (χ3n) is 6.28. The van der Waals surface area contributed by atoms with E-state index in [9.17, 15) is 4.79 Å². The Labute approximate surface area is 187 Å². The van der Waals surface area contributed by atoms with E-state index in [0.717, 1.165) is 18.6 Å². The molecule has 1 saturated heterocycles. The highest BCUT2D eigenvalue weighted by Gasteiger charge is 2.44. The lowest BCUT2D eigenvalue weighted by Crippen LogP contribution is -2.39. The highest BCUT2D eigenvalue weighted by molar-refractivity contribution is 5.96. The predicted molar refractivity (Wildman–Crippen MR) is 123 cm³/mol. The summed E-state index contributed by atoms with van der Waals surface area (Å²) in [5.74, 6) is 0.904. The van der Waals surface area contributed by atoms with Gasteiger partial charge in [0.15, 0.2) is 6.10 Å². The van der Waals surface area contributed by atoms with Crippen LogP contribution < -0.4 is 15.4 Å². The van der Waals surface area contributed by atoms with E-state index in [-0.39, 0.29) is 17.9 Å². The van der Waals surface area contributed by atoms with Crippen LogP contribution in [0.3, 0.4) is 0 Å². The number of hydrogen-bond acceptors (Lipinski definition) is 4. The summed E-state index contributed by atoms with van der Waals surface area (Å²) < 4.78 is 12.3. The van der Waals surface area contributed by atoms with Crippen LogP contribution in [0.5, 0.6) is 5.75 Å². The highest BCUT2D eigenvalue weighted by Crippen LogP contribution is 2.40. The van der Waals surface area contributed by atoms with Crippen molar-refractivity contribution in [3.63, 3.8) is 0 Å². The molecule has 3 aromatic carbocycles. The first-order valence-corrected chi connectivity index (χ1v) is 10.8. The monoisotopic (exact) mass is 427 g/mol. The maximum absolute atomic E-state index is 12.8. The molecule has 3 aromatic rings. The second kappa shape index (κ2) is 8.38. The van der Waals surface area contributed by atoms with Crippen molar-refractivity contribution in [1.82, 2.24) is 0 Å². The van der Waals surface area contributed by atoms with Crippen molar-refractivity contribution in [2.24, 2.45) is 5.73 Å². The molecule has 3 unspecified atom stereocenters. The smallest absolute Gasteiger partial charge is 0.414 e. The number of nitrogens with zero attached hydrogens (tertiary/aromatic N) is 1. The molecule has 0 saturated carbocycles. The second-order valence-electron chi connectivity index (χ2n) is 8.23. The Morgan fingerprint density at radius 1 is 1.03 bits per heavy atom. The number of para-hydroxylation sites is 1. The molecule has 6 heteroatoms. The van der Waals surface area contributed by atoms with E-state index >= 15 is 0 Å². The number of carbonyl (C=O) groups excluding carboxylic acids is 1. The molecule has 3 atom stereocenters. The number of nitrogens with one attached hydrogen (secondary N) is 1. The van der Waals surface area contributed by atoms with E-state index in [1.54, 1.807) is 29.2 Å². The molecular formula is C26H25N3O3. The molecule has 1 heterocycles. The fraction of sp³-hybridized carbons (Fsp3) is 0.231. The Morgan fingerprint density at radius 3 is 2.50 bits per heavy atom. The van der Waals surface area contributed by atoms with Crippen LogP contribution in [0.4, 0.5) is 10.5 Å². The van der Waals surface area contributed by atoms with Crippen LogP contribution >= 0.6 is 0 Å². The summed E-state index contributed by atoms with van der Waals surface area (Å²) in [5.41, 5.74) is 9.49. The average molecular weight is 428 g/mol. The largest absolute Gasteiger partial charge is 0.486 e. The number of carbonyl (C=O) groups is 1. The number of hydrogen-bond donors (Lipinski definition) is 2. The van der Waals surface area contributed by atoms with E-state index in [4.69, 9.17) is 20.6 Å². The van der Waals surface area contributed by atoms with Crippen molar-refractivity contribution >= 4 is 17.6 Å². The third-order valence-corrected chi connectivity index (χ3v) is 6.28. The predicted octanol–water partition coefficient (Wildman–Crippen LogP) is 4.47. The van der Waals surface area contributed by atoms with Gasteiger partial charge in [-0.05, 0) is 60.4 Å². The van der Waals surface area contributed by atoms with Gasteiger partial charge in [-0.3, -0.25) is 10.3 Å². The average Bonchev–Trinajstić information content (AvgIpc) is 3.42. The minimum atomic E-state index is -0.411. The zero-order valence-corrected chi connectivity index (χ0v) is 17.6. The molecule has 6 nitrogen and oxygen atoms in total. The lowest BCUT2D eigenvalue weighted by atomic mass is 9.91. The first-order chi connectivity index (χ1) is 15.6. The van der Waals surface area contributed by atoms with Crippen LogP contribution in [0.1, 0.15) is 29.0 Å². The van der Waals surface area contributed by atoms with Crippen LogP contribution in [-0.2, 0) is 11.2 Å². The summed E-state index contributed by atoms with van der Waals surface area (Å²) in [5, 5.41) is 7.56. The molecule has 0 spiro atoms. The van der Waals surface area contributed by atoms with Gasteiger partial charge in [-0.15, -0.1) is 0 Å². The third kappa shape index (κ3) is 3.80. The van der Waals surface area contributed by atoms with Crippen molar-refractivity contribution in [3.05, 3.63) is 95.6 Å². The lowest BCUT2D eigenvalue weighted by Gasteiger charge is -2.29. The number of rotatable bonds is 6. The number of aryl methyl sites for hydroxylation is 1. The van der Waals surface area contributed by atoms with E-state index in [1.807, 2.05) is 30.3 Å². The molecule has 0 aromatic heterocycles. The van der Waals surface area contributed by atoms with Gasteiger partial charge >= 0.3 is 6.09 Å². The highest BCUT2D eigenvalue weighted by atomic mass is 16.6. The number of nitrogens with two attached hydrogens (primary N) is 1. The summed E-state index contributed by atoms with van der Waals surface area (Å²) in [6.45, 7) is 0.397. The van der Waals surface area contributed by atoms with Gasteiger partial charge in [-0.25, -0.2) is 4.79 Å². The van der Waals surface area contributed by atoms with Crippen LogP contribution in [0, 0.1) is 5.41 Å². The Bertz CT molecular complexity index is 1130. The fourth-order valence-electron chi connectivity index (χ4n) is 4.69. The minimum absolute atomic E-state index is 0.00495. The Balaban J connectivity index is 1.43. The van der Waals surface area contributed by atoms with Gasteiger partial charge in [0.1, 0.15) is 17.7 Å². The Morgan fingerprint density at radius 2 is 1.75 bits per heavy atom. The summed E-state index contributed by atoms with van der Waals surface area (Å²) in [6, 6.07) is 25.2. The van der Waals surface area contributed by atoms with Crippen molar-refractivity contribution in [3.8, 4) is 5.75 Å². The van der Waals surface area contributed by atoms with Gasteiger partial charge in [0, 0.05) is 17.2 Å². The lowest BCUT2D eigenvalue weighted by molar-refractivity contribution is 0.0325. The molecular weight excluding hydrogens is 402 g/mol. The quantitative estimate of drug-likeness (QED) is 0.449. The zero-order valence-electron chi connectivity index (χ0n) is 17.6. The van der Waals surface area contributed by atoms with Crippen molar-refractivity contribution in [2.75, 3.05) is 11.4 Å². The van der Waals surface area contributed by atoms with Crippen LogP contribution in [0.2, 0.25) is 0 Å². The molecule has 5 rings (SSSR count). The molecule has 32 heavy (non-hydrogen) atoms. The van der Waals surface area contributed by atoms with Crippen LogP contribution in [-0.4, -0.2) is 30.7 Å². The summed E-state index contributed by atoms with van der Waals surface area (Å²) in [4.78, 5) is 14.4. The van der Waals surface area contributed by atoms with Crippen LogP contribution in [0.25, 0.3) is 0 Å². The number of fused-ring (bicyclic) bond motifs is 1. The molecule has 0 radical (unpaired) electrons. The van der Waals surface area contributed by atoms with Gasteiger partial charge in [0.2, 0.25) is 0 Å². The maximum Gasteiger partial charge on any atom is 0.414 e. The van der Waals surface area contributed by atoms with Gasteiger partial charge < -0.3 is 15.2 Å². The van der Waals surface area contributed by atoms with Crippen LogP contribution in [0.15, 0.2) is 78.9 Å². The molecule has 1 amide bonds. The molecule has 162 valence electrons. The number of nitrogen functional groups attached to an aromatic ring is 1. The van der Waals surface area contributed by atoms with E-state index in [0.29, 0.717) is 17.8 Å². The van der Waals surface area contributed by atoms with E-state index < -0.39 is 12.2 Å². The summed E-state index contributed by atoms with van der Waals surface area (Å²) >= 11 is 0. The molecule has 1 aliphatic carbocycles. The van der Waals surface area contributed by atoms with E-state index in [2.05, 4.69) is 24.3 Å². The second-order valence-corrected chi connectivity index (χ2v) is 8.23. The summed E-state index contributed by atoms with van der Waals surface area (Å²) in [6.07, 6.45) is 0.848. The van der Waals surface area contributed by atoms with Gasteiger partial charge in [0.05, 0.1) is 6.54 Å². The van der Waals surface area contributed by atoms with Crippen molar-refractivity contribution in [1.29, 1.82) is 5.41 Å². The number of anilines is 1. The Hall–Kier alpha value is -3.80. The van der Waals surface area contributed by atoms with Crippen molar-refractivity contribution in [2.45, 2.75) is 31.0 Å². The van der Waals surface area contributed by atoms with E-state index in [1.165, 1.54) is 11.1 Å². The minimum Gasteiger partial charge on any atom is -0.486 e. The molecule has 3 N–H and O–H groups in total. The van der Waals surface area contributed by atoms with Gasteiger partial charge in [-0.2, -0.15) is 0 Å². The topological polar surface area (TPSA) is 88.6 Å². The number of amides is 1. The number of ether oxygens (including phenoxy) is 2. The van der Waals surface area contributed by atoms with Gasteiger partial charge in [0.25, 0.3) is 0 Å². The molecule has 1 aliphatic heterocycles. The SMILES string of the molecule is N=C(N)c1ccc(N2CC(C(Oc3ccccc3)C3CCc4ccccc43)OC2=O)cc1. The van der Waals surface area contributed by atoms with Crippen molar-refractivity contribution < 1.29 is 14.3 Å². The zero-order chi connectivity index (χ0) is 22.1. The standard InChI is InChI=1S/C26H25N3O3/c27-25(28)18-10-13-19(14-11-18)29-16-23(32-26(29)30)24(31-20-7-2-1-3-8-20)22-15-12-17-6-4-5-9-21(17)22/h1-11,13-14,22-24H,12,15-16H2,(H3,27,28). The molecule has 0 bridgehead atoms. The fourth-order valence-corrected chi connectivity index (χ4v) is 4.69. The first kappa shape index (κ1) is 20.1. The first-order valence-electron chi connectivity index (χ1n) is 10.8. The normalized spacial score (nSPS) is 20.5. The number of benzene rings is 3. The maximum atomic E-state index is 12.8. The van der Waals surface area contributed by atoms with Gasteiger partial charge in [-0.1, -0.05) is 42.5 Å². The molecule has 2 aliphatic rings. The summed E-state index contributed by atoms with van der Waals surface area (Å²) in [7, 11) is 0. The number of amidine groups is 1. The molecule has 1 fully saturated rings. The Kier molecular flexibility index (Phi) is 5.27.